The molecule has 0 saturated carbocycles. The maximum Gasteiger partial charge on any atom is 0.306 e. The van der Waals surface area contributed by atoms with Gasteiger partial charge in [0.15, 0.2) is 6.10 Å². The van der Waals surface area contributed by atoms with Crippen LogP contribution in [0.2, 0.25) is 0 Å². The van der Waals surface area contributed by atoms with E-state index in [0.717, 1.165) is 69.6 Å². The van der Waals surface area contributed by atoms with Crippen LogP contribution < -0.4 is 0 Å². The van der Waals surface area contributed by atoms with E-state index in [9.17, 15) is 14.4 Å². The van der Waals surface area contributed by atoms with Gasteiger partial charge >= 0.3 is 17.9 Å². The fraction of sp³-hybridized carbons (Fsp3) is 0.945. The van der Waals surface area contributed by atoms with Gasteiger partial charge < -0.3 is 14.2 Å². The molecular formula is C55H106O6. The van der Waals surface area contributed by atoms with E-state index in [-0.39, 0.29) is 31.1 Å². The Morgan fingerprint density at radius 1 is 0.344 bits per heavy atom. The lowest BCUT2D eigenvalue weighted by Crippen LogP contribution is -2.30. The molecule has 0 aromatic heterocycles. The van der Waals surface area contributed by atoms with E-state index in [1.54, 1.807) is 0 Å². The van der Waals surface area contributed by atoms with Crippen LogP contribution in [0.3, 0.4) is 0 Å². The van der Waals surface area contributed by atoms with Crippen LogP contribution in [0.4, 0.5) is 0 Å². The summed E-state index contributed by atoms with van der Waals surface area (Å²) in [7, 11) is 0. The molecule has 0 fully saturated rings. The first-order valence-electron chi connectivity index (χ1n) is 27.3. The Hall–Kier alpha value is -1.59. The highest BCUT2D eigenvalue weighted by atomic mass is 16.6. The monoisotopic (exact) mass is 863 g/mol. The highest BCUT2D eigenvalue weighted by molar-refractivity contribution is 5.71. The zero-order chi connectivity index (χ0) is 44.7. The molecule has 0 amide bonds. The Bertz CT molecular complexity index is 933. The lowest BCUT2D eigenvalue weighted by Gasteiger charge is -2.18. The third-order valence-corrected chi connectivity index (χ3v) is 12.8. The summed E-state index contributed by atoms with van der Waals surface area (Å²) in [6, 6.07) is 0. The average Bonchev–Trinajstić information content (AvgIpc) is 3.24. The van der Waals surface area contributed by atoms with Crippen molar-refractivity contribution >= 4 is 17.9 Å². The SMILES string of the molecule is CCCCCCCCCCCCCCC(=O)OC[C@@H](COC(=O)CCCCCCCCCCCCCCCCC(C)C)OC(=O)CCCCCCCCCCCCC(C)CC. The van der Waals surface area contributed by atoms with Crippen LogP contribution in [0.1, 0.15) is 304 Å². The normalized spacial score (nSPS) is 12.5. The zero-order valence-corrected chi connectivity index (χ0v) is 41.8. The van der Waals surface area contributed by atoms with Crippen molar-refractivity contribution in [3.8, 4) is 0 Å². The second-order valence-electron chi connectivity index (χ2n) is 19.6. The average molecular weight is 863 g/mol. The Balaban J connectivity index is 4.30. The first-order valence-corrected chi connectivity index (χ1v) is 27.3. The lowest BCUT2D eigenvalue weighted by atomic mass is 9.99. The summed E-state index contributed by atoms with van der Waals surface area (Å²) in [5.74, 6) is 0.868. The lowest BCUT2D eigenvalue weighted by molar-refractivity contribution is -0.167. The van der Waals surface area contributed by atoms with Gasteiger partial charge in [-0.1, -0.05) is 266 Å². The topological polar surface area (TPSA) is 78.9 Å². The van der Waals surface area contributed by atoms with Crippen molar-refractivity contribution in [3.05, 3.63) is 0 Å². The van der Waals surface area contributed by atoms with Crippen LogP contribution in [-0.4, -0.2) is 37.2 Å². The molecule has 0 aromatic rings. The molecule has 0 aliphatic carbocycles. The number of hydrogen-bond donors (Lipinski definition) is 0. The van der Waals surface area contributed by atoms with Gasteiger partial charge in [-0.15, -0.1) is 0 Å². The highest BCUT2D eigenvalue weighted by Crippen LogP contribution is 2.18. The van der Waals surface area contributed by atoms with Crippen molar-refractivity contribution in [1.82, 2.24) is 0 Å². The van der Waals surface area contributed by atoms with Gasteiger partial charge in [0.2, 0.25) is 0 Å². The van der Waals surface area contributed by atoms with Crippen LogP contribution in [0.15, 0.2) is 0 Å². The maximum absolute atomic E-state index is 12.8. The molecule has 6 nitrogen and oxygen atoms in total. The molecule has 362 valence electrons. The molecule has 6 heteroatoms. The Kier molecular flexibility index (Phi) is 46.6. The van der Waals surface area contributed by atoms with E-state index in [4.69, 9.17) is 14.2 Å². The summed E-state index contributed by atoms with van der Waals surface area (Å²) in [6.45, 7) is 11.4. The van der Waals surface area contributed by atoms with Gasteiger partial charge in [-0.2, -0.15) is 0 Å². The van der Waals surface area contributed by atoms with Gasteiger partial charge in [-0.3, -0.25) is 14.4 Å². The second kappa shape index (κ2) is 47.9. The number of carbonyl (C=O) groups is 3. The van der Waals surface area contributed by atoms with Crippen LogP contribution in [0, 0.1) is 11.8 Å². The van der Waals surface area contributed by atoms with E-state index in [0.29, 0.717) is 19.3 Å². The number of ether oxygens (including phenoxy) is 3. The third-order valence-electron chi connectivity index (χ3n) is 12.8. The quantitative estimate of drug-likeness (QED) is 0.0344. The molecule has 0 aromatic carbocycles. The fourth-order valence-electron chi connectivity index (χ4n) is 8.31. The highest BCUT2D eigenvalue weighted by Gasteiger charge is 2.19. The van der Waals surface area contributed by atoms with E-state index < -0.39 is 6.10 Å². The van der Waals surface area contributed by atoms with Crippen LogP contribution >= 0.6 is 0 Å². The Morgan fingerprint density at radius 2 is 0.623 bits per heavy atom. The van der Waals surface area contributed by atoms with E-state index in [1.165, 1.54) is 193 Å². The third kappa shape index (κ3) is 47.7. The summed E-state index contributed by atoms with van der Waals surface area (Å²) >= 11 is 0. The van der Waals surface area contributed by atoms with E-state index in [2.05, 4.69) is 34.6 Å². The number of esters is 3. The summed E-state index contributed by atoms with van der Waals surface area (Å²) in [5.41, 5.74) is 0. The minimum Gasteiger partial charge on any atom is -0.462 e. The molecule has 0 spiro atoms. The predicted molar refractivity (Wildman–Crippen MR) is 261 cm³/mol. The second-order valence-corrected chi connectivity index (χ2v) is 19.6. The Labute approximate surface area is 380 Å². The van der Waals surface area contributed by atoms with Crippen molar-refractivity contribution in [3.63, 3.8) is 0 Å². The summed E-state index contributed by atoms with van der Waals surface area (Å²) in [5, 5.41) is 0. The minimum absolute atomic E-state index is 0.0633. The zero-order valence-electron chi connectivity index (χ0n) is 41.8. The molecule has 0 heterocycles. The van der Waals surface area contributed by atoms with Crippen molar-refractivity contribution in [2.45, 2.75) is 310 Å². The summed E-state index contributed by atoms with van der Waals surface area (Å²) in [4.78, 5) is 38.0. The number of hydrogen-bond acceptors (Lipinski definition) is 6. The van der Waals surface area contributed by atoms with Gasteiger partial charge in [0.1, 0.15) is 13.2 Å². The van der Waals surface area contributed by atoms with Crippen LogP contribution in [0.25, 0.3) is 0 Å². The Morgan fingerprint density at radius 3 is 0.934 bits per heavy atom. The molecule has 0 aliphatic rings. The fourth-order valence-corrected chi connectivity index (χ4v) is 8.31. The molecule has 0 radical (unpaired) electrons. The largest absolute Gasteiger partial charge is 0.462 e. The van der Waals surface area contributed by atoms with Crippen molar-refractivity contribution in [2.24, 2.45) is 11.8 Å². The first-order chi connectivity index (χ1) is 29.8. The summed E-state index contributed by atoms with van der Waals surface area (Å²) in [6.07, 6.45) is 49.4. The maximum atomic E-state index is 12.8. The predicted octanol–water partition coefficient (Wildman–Crippen LogP) is 17.7. The molecule has 61 heavy (non-hydrogen) atoms. The van der Waals surface area contributed by atoms with Crippen LogP contribution in [-0.2, 0) is 28.6 Å². The van der Waals surface area contributed by atoms with Gasteiger partial charge in [0.25, 0.3) is 0 Å². The van der Waals surface area contributed by atoms with Crippen molar-refractivity contribution in [1.29, 1.82) is 0 Å². The molecule has 0 N–H and O–H groups in total. The van der Waals surface area contributed by atoms with Gasteiger partial charge in [0.05, 0.1) is 0 Å². The molecule has 0 rings (SSSR count). The van der Waals surface area contributed by atoms with Gasteiger partial charge in [-0.05, 0) is 31.1 Å². The number of unbranched alkanes of at least 4 members (excludes halogenated alkanes) is 33. The van der Waals surface area contributed by atoms with Crippen molar-refractivity contribution < 1.29 is 28.6 Å². The van der Waals surface area contributed by atoms with Gasteiger partial charge in [0, 0.05) is 19.3 Å². The molecule has 0 aliphatic heterocycles. The minimum atomic E-state index is -0.762. The number of rotatable bonds is 49. The van der Waals surface area contributed by atoms with E-state index in [1.807, 2.05) is 0 Å². The molecule has 0 bridgehead atoms. The van der Waals surface area contributed by atoms with E-state index >= 15 is 0 Å². The molecule has 0 saturated heterocycles. The van der Waals surface area contributed by atoms with Gasteiger partial charge in [-0.25, -0.2) is 0 Å². The van der Waals surface area contributed by atoms with Crippen molar-refractivity contribution in [2.75, 3.05) is 13.2 Å². The first kappa shape index (κ1) is 59.4. The standard InChI is InChI=1S/C55H106O6/c1-6-8-9-10-11-12-13-19-25-30-35-40-45-53(56)59-48-52(61-55(58)47-42-37-32-27-22-21-24-29-34-39-44-51(5)7-2)49-60-54(57)46-41-36-31-26-20-17-15-14-16-18-23-28-33-38-43-50(3)4/h50-52H,6-49H2,1-5H3/t51?,52-/m0/s1. The number of carbonyl (C=O) groups excluding carboxylic acids is 3. The molecule has 1 unspecified atom stereocenters. The van der Waals surface area contributed by atoms with Crippen LogP contribution in [0.5, 0.6) is 0 Å². The smallest absolute Gasteiger partial charge is 0.306 e. The molecular weight excluding hydrogens is 757 g/mol. The molecule has 2 atom stereocenters. The summed E-state index contributed by atoms with van der Waals surface area (Å²) < 4.78 is 16.8.